The number of Topliss-reactive ketones (excluding diaryl/α,β-unsaturated/α-hetero) is 4. The number of hydrogen-bond acceptors (Lipinski definition) is 4. The highest BCUT2D eigenvalue weighted by molar-refractivity contribution is 6.32. The highest BCUT2D eigenvalue weighted by atomic mass is 16.2. The summed E-state index contributed by atoms with van der Waals surface area (Å²) in [6.07, 6.45) is 12.1. The third kappa shape index (κ3) is 9.66. The fourth-order valence-electron chi connectivity index (χ4n) is 4.43. The van der Waals surface area contributed by atoms with Gasteiger partial charge in [0.25, 0.3) is 0 Å². The molecule has 1 unspecified atom stereocenters. The van der Waals surface area contributed by atoms with E-state index in [4.69, 9.17) is 0 Å². The van der Waals surface area contributed by atoms with E-state index >= 15 is 0 Å². The van der Waals surface area contributed by atoms with Crippen LogP contribution < -0.4 is 0 Å². The van der Waals surface area contributed by atoms with Crippen molar-refractivity contribution >= 4 is 23.1 Å². The first-order chi connectivity index (χ1) is 16.3. The van der Waals surface area contributed by atoms with Crippen molar-refractivity contribution in [3.05, 3.63) is 46.6 Å². The van der Waals surface area contributed by atoms with Gasteiger partial charge in [0.1, 0.15) is 5.92 Å². The Kier molecular flexibility index (Phi) is 12.5. The minimum absolute atomic E-state index is 0.0459. The van der Waals surface area contributed by atoms with Crippen LogP contribution in [0.25, 0.3) is 0 Å². The summed E-state index contributed by atoms with van der Waals surface area (Å²) in [5, 5.41) is 0. The highest BCUT2D eigenvalue weighted by Gasteiger charge is 2.54. The lowest BCUT2D eigenvalue weighted by Gasteiger charge is -2.36. The van der Waals surface area contributed by atoms with E-state index in [1.807, 2.05) is 39.8 Å². The maximum atomic E-state index is 13.8. The Morgan fingerprint density at radius 1 is 0.829 bits per heavy atom. The Balaban J connectivity index is 3.32. The molecule has 1 saturated carbocycles. The zero-order valence-corrected chi connectivity index (χ0v) is 23.3. The van der Waals surface area contributed by atoms with E-state index in [1.54, 1.807) is 0 Å². The van der Waals surface area contributed by atoms with Gasteiger partial charge in [0.05, 0.1) is 11.8 Å². The SMILES string of the molecule is CC(C)=CCCC(C)=CCC1(CC=C(C)CCC=C(C)C)C(=O)CC(=O)C(C(=O)CC(C)C)C1=O. The smallest absolute Gasteiger partial charge is 0.164 e. The van der Waals surface area contributed by atoms with Crippen molar-refractivity contribution in [1.82, 2.24) is 0 Å². The van der Waals surface area contributed by atoms with Gasteiger partial charge in [0.2, 0.25) is 0 Å². The first-order valence-electron chi connectivity index (χ1n) is 13.0. The monoisotopic (exact) mass is 482 g/mol. The van der Waals surface area contributed by atoms with E-state index in [1.165, 1.54) is 11.1 Å². The summed E-state index contributed by atoms with van der Waals surface area (Å²) >= 11 is 0. The van der Waals surface area contributed by atoms with Gasteiger partial charge < -0.3 is 0 Å². The van der Waals surface area contributed by atoms with Gasteiger partial charge in [0.15, 0.2) is 23.1 Å². The van der Waals surface area contributed by atoms with Gasteiger partial charge in [-0.1, -0.05) is 60.4 Å². The van der Waals surface area contributed by atoms with E-state index < -0.39 is 22.9 Å². The van der Waals surface area contributed by atoms with Crippen LogP contribution in [0, 0.1) is 17.3 Å². The summed E-state index contributed by atoms with van der Waals surface area (Å²) in [5.41, 5.74) is 3.37. The van der Waals surface area contributed by atoms with Crippen molar-refractivity contribution in [2.24, 2.45) is 17.3 Å². The molecule has 0 aliphatic heterocycles. The largest absolute Gasteiger partial charge is 0.298 e. The quantitative estimate of drug-likeness (QED) is 0.201. The molecule has 1 fully saturated rings. The van der Waals surface area contributed by atoms with Gasteiger partial charge in [0, 0.05) is 6.42 Å². The molecule has 35 heavy (non-hydrogen) atoms. The summed E-state index contributed by atoms with van der Waals surface area (Å²) < 4.78 is 0. The zero-order chi connectivity index (χ0) is 26.8. The van der Waals surface area contributed by atoms with Gasteiger partial charge in [-0.2, -0.15) is 0 Å². The van der Waals surface area contributed by atoms with E-state index in [0.717, 1.165) is 36.8 Å². The summed E-state index contributed by atoms with van der Waals surface area (Å²) in [7, 11) is 0. The van der Waals surface area contributed by atoms with Crippen LogP contribution in [0.4, 0.5) is 0 Å². The highest BCUT2D eigenvalue weighted by Crippen LogP contribution is 2.40. The van der Waals surface area contributed by atoms with Crippen LogP contribution in [-0.2, 0) is 19.2 Å². The first kappa shape index (κ1) is 30.7. The number of hydrogen-bond donors (Lipinski definition) is 0. The fourth-order valence-corrected chi connectivity index (χ4v) is 4.43. The third-order valence-corrected chi connectivity index (χ3v) is 6.64. The molecule has 0 radical (unpaired) electrons. The normalized spacial score (nSPS) is 21.4. The maximum absolute atomic E-state index is 13.8. The Bertz CT molecular complexity index is 876. The lowest BCUT2D eigenvalue weighted by Crippen LogP contribution is -2.53. The number of carbonyl (C=O) groups excluding carboxylic acids is 4. The second kappa shape index (κ2) is 14.3. The lowest BCUT2D eigenvalue weighted by molar-refractivity contribution is -0.154. The van der Waals surface area contributed by atoms with Crippen molar-refractivity contribution in [3.8, 4) is 0 Å². The van der Waals surface area contributed by atoms with Gasteiger partial charge in [-0.3, -0.25) is 19.2 Å². The maximum Gasteiger partial charge on any atom is 0.164 e. The van der Waals surface area contributed by atoms with E-state index in [9.17, 15) is 19.2 Å². The molecule has 1 atom stereocenters. The summed E-state index contributed by atoms with van der Waals surface area (Å²) in [6, 6.07) is 0. The van der Waals surface area contributed by atoms with Crippen molar-refractivity contribution in [2.45, 2.75) is 107 Å². The number of carbonyl (C=O) groups is 4. The molecule has 0 saturated heterocycles. The average molecular weight is 483 g/mol. The standard InChI is InChI=1S/C31H46O4/c1-21(2)11-9-13-24(7)15-17-31(18-16-25(8)14-10-12-22(3)4)28(34)20-27(33)29(30(31)35)26(32)19-23(5)6/h11-12,15-16,23,29H,9-10,13-14,17-20H2,1-8H3. The van der Waals surface area contributed by atoms with Crippen LogP contribution in [0.1, 0.15) is 107 Å². The van der Waals surface area contributed by atoms with Crippen LogP contribution in [0.3, 0.4) is 0 Å². The van der Waals surface area contributed by atoms with Gasteiger partial charge in [-0.15, -0.1) is 0 Å². The average Bonchev–Trinajstić information content (AvgIpc) is 2.72. The predicted octanol–water partition coefficient (Wildman–Crippen LogP) is 7.48. The molecule has 1 rings (SSSR count). The van der Waals surface area contributed by atoms with Gasteiger partial charge in [-0.25, -0.2) is 0 Å². The molecule has 0 aromatic rings. The van der Waals surface area contributed by atoms with E-state index in [-0.39, 0.29) is 43.2 Å². The zero-order valence-electron chi connectivity index (χ0n) is 23.3. The van der Waals surface area contributed by atoms with Crippen LogP contribution in [0.5, 0.6) is 0 Å². The van der Waals surface area contributed by atoms with Crippen LogP contribution in [0.15, 0.2) is 46.6 Å². The number of allylic oxidation sites excluding steroid dienone is 8. The minimum Gasteiger partial charge on any atom is -0.298 e. The second-order valence-electron chi connectivity index (χ2n) is 11.2. The van der Waals surface area contributed by atoms with E-state index in [2.05, 4.69) is 39.8 Å². The Morgan fingerprint density at radius 2 is 1.29 bits per heavy atom. The Labute approximate surface area is 213 Å². The van der Waals surface area contributed by atoms with E-state index in [0.29, 0.717) is 0 Å². The van der Waals surface area contributed by atoms with Crippen molar-refractivity contribution in [2.75, 3.05) is 0 Å². The van der Waals surface area contributed by atoms with Gasteiger partial charge in [-0.05, 0) is 86.0 Å². The van der Waals surface area contributed by atoms with Crippen LogP contribution >= 0.6 is 0 Å². The number of ketones is 4. The van der Waals surface area contributed by atoms with Crippen molar-refractivity contribution in [3.63, 3.8) is 0 Å². The molecule has 0 N–H and O–H groups in total. The lowest BCUT2D eigenvalue weighted by atomic mass is 9.62. The molecule has 194 valence electrons. The Hall–Kier alpha value is -2.36. The molecular formula is C31H46O4. The molecule has 0 spiro atoms. The molecular weight excluding hydrogens is 436 g/mol. The first-order valence-corrected chi connectivity index (χ1v) is 13.0. The third-order valence-electron chi connectivity index (χ3n) is 6.64. The predicted molar refractivity (Wildman–Crippen MR) is 144 cm³/mol. The molecule has 0 amide bonds. The molecule has 0 bridgehead atoms. The topological polar surface area (TPSA) is 68.3 Å². The summed E-state index contributed by atoms with van der Waals surface area (Å²) in [4.78, 5) is 52.7. The van der Waals surface area contributed by atoms with Crippen LogP contribution in [-0.4, -0.2) is 23.1 Å². The van der Waals surface area contributed by atoms with Gasteiger partial charge >= 0.3 is 0 Å². The Morgan fingerprint density at radius 3 is 1.69 bits per heavy atom. The molecule has 1 aliphatic carbocycles. The molecule has 0 aromatic heterocycles. The summed E-state index contributed by atoms with van der Waals surface area (Å²) in [5.74, 6) is -2.98. The second-order valence-corrected chi connectivity index (χ2v) is 11.2. The molecule has 0 heterocycles. The van der Waals surface area contributed by atoms with Crippen LogP contribution in [0.2, 0.25) is 0 Å². The fraction of sp³-hybridized carbons (Fsp3) is 0.613. The molecule has 1 aliphatic rings. The summed E-state index contributed by atoms with van der Waals surface area (Å²) in [6.45, 7) is 16.1. The van der Waals surface area contributed by atoms with Crippen molar-refractivity contribution < 1.29 is 19.2 Å². The van der Waals surface area contributed by atoms with Crippen molar-refractivity contribution in [1.29, 1.82) is 0 Å². The molecule has 4 nitrogen and oxygen atoms in total. The molecule has 0 aromatic carbocycles. The number of rotatable bonds is 13. The minimum atomic E-state index is -1.35. The molecule has 4 heteroatoms.